The standard InChI is InChI=1S/C20H23N3O3/c1-22-13-21-17-15-4-2-3-5-16(15)26-20(18(17)22)8-10-23(11-9-20)19(24)25-12-14-6-7-14/h2-5,13-14H,6-12H2,1H3. The van der Waals surface area contributed by atoms with Crippen molar-refractivity contribution >= 4 is 6.09 Å². The van der Waals surface area contributed by atoms with Crippen LogP contribution in [0.1, 0.15) is 31.4 Å². The van der Waals surface area contributed by atoms with Gasteiger partial charge in [0.1, 0.15) is 5.75 Å². The zero-order valence-electron chi connectivity index (χ0n) is 15.0. The normalized spacial score (nSPS) is 20.3. The number of para-hydroxylation sites is 1. The Balaban J connectivity index is 1.38. The number of hydrogen-bond acceptors (Lipinski definition) is 4. The van der Waals surface area contributed by atoms with Gasteiger partial charge in [0, 0.05) is 38.5 Å². The number of fused-ring (bicyclic) bond motifs is 4. The number of benzene rings is 1. The highest BCUT2D eigenvalue weighted by molar-refractivity contribution is 5.73. The monoisotopic (exact) mass is 353 g/mol. The number of likely N-dealkylation sites (tertiary alicyclic amines) is 1. The highest BCUT2D eigenvalue weighted by Crippen LogP contribution is 2.48. The molecule has 1 aromatic heterocycles. The number of ether oxygens (including phenoxy) is 2. The Kier molecular flexibility index (Phi) is 3.48. The lowest BCUT2D eigenvalue weighted by Gasteiger charge is -2.44. The quantitative estimate of drug-likeness (QED) is 0.831. The van der Waals surface area contributed by atoms with Gasteiger partial charge in [-0.3, -0.25) is 0 Å². The van der Waals surface area contributed by atoms with E-state index in [2.05, 4.69) is 15.6 Å². The first kappa shape index (κ1) is 15.7. The third-order valence-corrected chi connectivity index (χ3v) is 5.78. The van der Waals surface area contributed by atoms with Crippen LogP contribution in [0.15, 0.2) is 30.6 Å². The van der Waals surface area contributed by atoms with E-state index in [-0.39, 0.29) is 6.09 Å². The number of carbonyl (C=O) groups is 1. The van der Waals surface area contributed by atoms with Crippen molar-refractivity contribution in [3.63, 3.8) is 0 Å². The van der Waals surface area contributed by atoms with Crippen molar-refractivity contribution in [2.45, 2.75) is 31.3 Å². The van der Waals surface area contributed by atoms with Crippen LogP contribution >= 0.6 is 0 Å². The Bertz CT molecular complexity index is 848. The molecule has 1 saturated carbocycles. The van der Waals surface area contributed by atoms with Gasteiger partial charge in [-0.1, -0.05) is 12.1 Å². The molecule has 0 radical (unpaired) electrons. The molecule has 3 heterocycles. The number of piperidine rings is 1. The number of aromatic nitrogens is 2. The Labute approximate surface area is 152 Å². The van der Waals surface area contributed by atoms with Crippen molar-refractivity contribution < 1.29 is 14.3 Å². The van der Waals surface area contributed by atoms with E-state index in [1.807, 2.05) is 36.5 Å². The second-order valence-electron chi connectivity index (χ2n) is 7.65. The van der Waals surface area contributed by atoms with E-state index in [4.69, 9.17) is 9.47 Å². The lowest BCUT2D eigenvalue weighted by Crippen LogP contribution is -2.50. The number of carbonyl (C=O) groups excluding carboxylic acids is 1. The number of rotatable bonds is 2. The second kappa shape index (κ2) is 5.76. The summed E-state index contributed by atoms with van der Waals surface area (Å²) in [6.07, 6.45) is 5.53. The Hall–Kier alpha value is -2.50. The Morgan fingerprint density at radius 2 is 2.08 bits per heavy atom. The third kappa shape index (κ3) is 2.47. The summed E-state index contributed by atoms with van der Waals surface area (Å²) in [6, 6.07) is 8.06. The molecular formula is C20H23N3O3. The highest BCUT2D eigenvalue weighted by atomic mass is 16.6. The van der Waals surface area contributed by atoms with Crippen molar-refractivity contribution in [1.29, 1.82) is 0 Å². The Morgan fingerprint density at radius 1 is 1.31 bits per heavy atom. The summed E-state index contributed by atoms with van der Waals surface area (Å²) in [5.41, 5.74) is 2.73. The van der Waals surface area contributed by atoms with Crippen LogP contribution in [0.25, 0.3) is 11.3 Å². The van der Waals surface area contributed by atoms with Gasteiger partial charge < -0.3 is 18.9 Å². The summed E-state index contributed by atoms with van der Waals surface area (Å²) in [7, 11) is 2.02. The molecule has 0 unspecified atom stereocenters. The molecule has 1 aromatic carbocycles. The summed E-state index contributed by atoms with van der Waals surface area (Å²) >= 11 is 0. The van der Waals surface area contributed by atoms with E-state index in [9.17, 15) is 4.79 Å². The van der Waals surface area contributed by atoms with Crippen molar-refractivity contribution in [2.75, 3.05) is 19.7 Å². The minimum Gasteiger partial charge on any atom is -0.480 e. The molecule has 2 aliphatic heterocycles. The van der Waals surface area contributed by atoms with Crippen molar-refractivity contribution in [3.05, 3.63) is 36.3 Å². The van der Waals surface area contributed by atoms with Crippen molar-refractivity contribution in [2.24, 2.45) is 13.0 Å². The molecule has 1 amide bonds. The van der Waals surface area contributed by atoms with Gasteiger partial charge >= 0.3 is 6.09 Å². The average molecular weight is 353 g/mol. The Morgan fingerprint density at radius 3 is 2.85 bits per heavy atom. The first-order chi connectivity index (χ1) is 12.7. The summed E-state index contributed by atoms with van der Waals surface area (Å²) in [4.78, 5) is 18.8. The molecule has 1 aliphatic carbocycles. The van der Waals surface area contributed by atoms with E-state index >= 15 is 0 Å². The van der Waals surface area contributed by atoms with Crippen molar-refractivity contribution in [3.8, 4) is 17.0 Å². The van der Waals surface area contributed by atoms with E-state index in [1.165, 1.54) is 12.8 Å². The van der Waals surface area contributed by atoms with E-state index in [0.29, 0.717) is 25.6 Å². The largest absolute Gasteiger partial charge is 0.480 e. The summed E-state index contributed by atoms with van der Waals surface area (Å²) in [5.74, 6) is 1.47. The van der Waals surface area contributed by atoms with Crippen LogP contribution in [0, 0.1) is 5.92 Å². The predicted octanol–water partition coefficient (Wildman–Crippen LogP) is 3.32. The number of nitrogens with zero attached hydrogens (tertiary/aromatic N) is 3. The zero-order chi connectivity index (χ0) is 17.7. The number of imidazole rings is 1. The second-order valence-corrected chi connectivity index (χ2v) is 7.65. The molecule has 6 nitrogen and oxygen atoms in total. The molecule has 0 bridgehead atoms. The SMILES string of the molecule is Cn1cnc2c1C1(CCN(C(=O)OCC3CC3)CC1)Oc1ccccc1-2. The summed E-state index contributed by atoms with van der Waals surface area (Å²) < 4.78 is 14.0. The molecule has 5 rings (SSSR count). The smallest absolute Gasteiger partial charge is 0.409 e. The van der Waals surface area contributed by atoms with Gasteiger partial charge in [-0.2, -0.15) is 0 Å². The van der Waals surface area contributed by atoms with Crippen LogP contribution in [0.5, 0.6) is 5.75 Å². The van der Waals surface area contributed by atoms with Crippen LogP contribution in [0.4, 0.5) is 4.79 Å². The van der Waals surface area contributed by atoms with Gasteiger partial charge in [0.05, 0.1) is 24.3 Å². The fourth-order valence-corrected chi connectivity index (χ4v) is 4.13. The first-order valence-electron chi connectivity index (χ1n) is 9.38. The maximum atomic E-state index is 12.3. The zero-order valence-corrected chi connectivity index (χ0v) is 15.0. The van der Waals surface area contributed by atoms with Gasteiger partial charge in [0.2, 0.25) is 0 Å². The minimum atomic E-state index is -0.428. The maximum absolute atomic E-state index is 12.3. The van der Waals surface area contributed by atoms with Crippen LogP contribution in [0.3, 0.4) is 0 Å². The number of aryl methyl sites for hydroxylation is 1. The summed E-state index contributed by atoms with van der Waals surface area (Å²) in [6.45, 7) is 1.84. The number of hydrogen-bond donors (Lipinski definition) is 0. The molecule has 136 valence electrons. The van der Waals surface area contributed by atoms with Gasteiger partial charge in [0.25, 0.3) is 0 Å². The highest BCUT2D eigenvalue weighted by Gasteiger charge is 2.47. The predicted molar refractivity (Wildman–Crippen MR) is 95.8 cm³/mol. The molecular weight excluding hydrogens is 330 g/mol. The van der Waals surface area contributed by atoms with E-state index in [1.54, 1.807) is 0 Å². The third-order valence-electron chi connectivity index (χ3n) is 5.78. The molecule has 0 N–H and O–H groups in total. The van der Waals surface area contributed by atoms with Crippen LogP contribution in [0.2, 0.25) is 0 Å². The molecule has 26 heavy (non-hydrogen) atoms. The van der Waals surface area contributed by atoms with Gasteiger partial charge in [0.15, 0.2) is 5.60 Å². The van der Waals surface area contributed by atoms with Gasteiger partial charge in [-0.15, -0.1) is 0 Å². The maximum Gasteiger partial charge on any atom is 0.409 e. The van der Waals surface area contributed by atoms with Crippen LogP contribution in [-0.2, 0) is 17.4 Å². The van der Waals surface area contributed by atoms with Crippen molar-refractivity contribution in [1.82, 2.24) is 14.5 Å². The molecule has 1 spiro atoms. The van der Waals surface area contributed by atoms with E-state index in [0.717, 1.165) is 35.5 Å². The minimum absolute atomic E-state index is 0.187. The van der Waals surface area contributed by atoms with Crippen LogP contribution < -0.4 is 4.74 Å². The molecule has 2 aromatic rings. The molecule has 0 atom stereocenters. The van der Waals surface area contributed by atoms with Gasteiger partial charge in [-0.05, 0) is 30.9 Å². The fourth-order valence-electron chi connectivity index (χ4n) is 4.13. The fraction of sp³-hybridized carbons (Fsp3) is 0.500. The molecule has 1 saturated heterocycles. The average Bonchev–Trinajstić information content (AvgIpc) is 3.41. The van der Waals surface area contributed by atoms with Gasteiger partial charge in [-0.25, -0.2) is 9.78 Å². The first-order valence-corrected chi connectivity index (χ1v) is 9.38. The number of amides is 1. The lowest BCUT2D eigenvalue weighted by atomic mass is 9.83. The molecule has 2 fully saturated rings. The summed E-state index contributed by atoms with van der Waals surface area (Å²) in [5, 5.41) is 0. The van der Waals surface area contributed by atoms with E-state index < -0.39 is 5.60 Å². The van der Waals surface area contributed by atoms with Crippen LogP contribution in [-0.4, -0.2) is 40.2 Å². The molecule has 3 aliphatic rings. The molecule has 6 heteroatoms. The topological polar surface area (TPSA) is 56.6 Å². The lowest BCUT2D eigenvalue weighted by molar-refractivity contribution is -0.0110.